The average Bonchev–Trinajstić information content (AvgIpc) is 2.23. The molecule has 0 heterocycles. The molecule has 0 fully saturated rings. The Kier molecular flexibility index (Phi) is 5.40. The molecule has 1 nitrogen and oxygen atoms in total. The lowest BCUT2D eigenvalue weighted by Crippen LogP contribution is -2.27. The summed E-state index contributed by atoms with van der Waals surface area (Å²) in [5, 5.41) is 3.54. The molecule has 0 aromatic heterocycles. The maximum atomic E-state index is 3.54. The predicted molar refractivity (Wildman–Crippen MR) is 81.3 cm³/mol. The molecule has 18 heavy (non-hydrogen) atoms. The molecule has 0 atom stereocenters. The standard InChI is InChI=1S/C17H29N/c1-13(2)12-18-8-7-17(5,6)16-10-14(3)9-15(4)11-16/h9-11,13,18H,7-8,12H2,1-6H3. The Morgan fingerprint density at radius 2 is 1.61 bits per heavy atom. The minimum Gasteiger partial charge on any atom is -0.316 e. The molecule has 0 aliphatic heterocycles. The van der Waals surface area contributed by atoms with Crippen LogP contribution in [0.4, 0.5) is 0 Å². The van der Waals surface area contributed by atoms with Gasteiger partial charge in [-0.05, 0) is 50.3 Å². The summed E-state index contributed by atoms with van der Waals surface area (Å²) in [6, 6.07) is 6.90. The van der Waals surface area contributed by atoms with Gasteiger partial charge >= 0.3 is 0 Å². The molecule has 1 N–H and O–H groups in total. The fraction of sp³-hybridized carbons (Fsp3) is 0.647. The highest BCUT2D eigenvalue weighted by molar-refractivity contribution is 5.33. The van der Waals surface area contributed by atoms with E-state index in [9.17, 15) is 0 Å². The van der Waals surface area contributed by atoms with Crippen LogP contribution >= 0.6 is 0 Å². The first kappa shape index (κ1) is 15.2. The van der Waals surface area contributed by atoms with E-state index in [1.165, 1.54) is 23.1 Å². The molecule has 1 aromatic rings. The first-order valence-electron chi connectivity index (χ1n) is 7.11. The van der Waals surface area contributed by atoms with Gasteiger partial charge < -0.3 is 5.32 Å². The summed E-state index contributed by atoms with van der Waals surface area (Å²) in [4.78, 5) is 0. The van der Waals surface area contributed by atoms with Crippen molar-refractivity contribution >= 4 is 0 Å². The summed E-state index contributed by atoms with van der Waals surface area (Å²) in [5.41, 5.74) is 4.45. The van der Waals surface area contributed by atoms with Gasteiger partial charge in [-0.25, -0.2) is 0 Å². The van der Waals surface area contributed by atoms with Crippen molar-refractivity contribution in [1.29, 1.82) is 0 Å². The van der Waals surface area contributed by atoms with Crippen molar-refractivity contribution in [1.82, 2.24) is 5.32 Å². The van der Waals surface area contributed by atoms with Gasteiger partial charge in [0.05, 0.1) is 0 Å². The molecular formula is C17H29N. The molecule has 0 unspecified atom stereocenters. The van der Waals surface area contributed by atoms with Gasteiger partial charge in [0.25, 0.3) is 0 Å². The molecule has 0 amide bonds. The van der Waals surface area contributed by atoms with E-state index < -0.39 is 0 Å². The second kappa shape index (κ2) is 6.38. The summed E-state index contributed by atoms with van der Waals surface area (Å²) >= 11 is 0. The number of hydrogen-bond donors (Lipinski definition) is 1. The quantitative estimate of drug-likeness (QED) is 0.742. The second-order valence-electron chi connectivity index (χ2n) is 6.61. The number of rotatable bonds is 6. The maximum Gasteiger partial charge on any atom is -0.00258 e. The van der Waals surface area contributed by atoms with Crippen LogP contribution in [0.3, 0.4) is 0 Å². The molecular weight excluding hydrogens is 218 g/mol. The predicted octanol–water partition coefficient (Wildman–Crippen LogP) is 4.22. The van der Waals surface area contributed by atoms with E-state index in [2.05, 4.69) is 65.1 Å². The first-order chi connectivity index (χ1) is 8.31. The van der Waals surface area contributed by atoms with E-state index in [1.54, 1.807) is 0 Å². The molecule has 0 aliphatic rings. The maximum absolute atomic E-state index is 3.54. The van der Waals surface area contributed by atoms with Crippen LogP contribution in [0.2, 0.25) is 0 Å². The van der Waals surface area contributed by atoms with Gasteiger partial charge in [-0.2, -0.15) is 0 Å². The van der Waals surface area contributed by atoms with Gasteiger partial charge in [-0.1, -0.05) is 57.0 Å². The zero-order valence-corrected chi connectivity index (χ0v) is 12.9. The molecule has 0 aliphatic carbocycles. The van der Waals surface area contributed by atoms with Gasteiger partial charge in [0, 0.05) is 0 Å². The smallest absolute Gasteiger partial charge is 0.00258 e. The Labute approximate surface area is 113 Å². The topological polar surface area (TPSA) is 12.0 Å². The molecule has 0 saturated heterocycles. The third-order valence-electron chi connectivity index (χ3n) is 3.48. The highest BCUT2D eigenvalue weighted by Crippen LogP contribution is 2.28. The van der Waals surface area contributed by atoms with Crippen molar-refractivity contribution < 1.29 is 0 Å². The minimum atomic E-state index is 0.251. The summed E-state index contributed by atoms with van der Waals surface area (Å²) < 4.78 is 0. The van der Waals surface area contributed by atoms with Crippen LogP contribution in [-0.4, -0.2) is 13.1 Å². The van der Waals surface area contributed by atoms with Crippen molar-refractivity contribution in [3.8, 4) is 0 Å². The van der Waals surface area contributed by atoms with Crippen molar-refractivity contribution in [2.24, 2.45) is 5.92 Å². The van der Waals surface area contributed by atoms with Gasteiger partial charge in [0.1, 0.15) is 0 Å². The summed E-state index contributed by atoms with van der Waals surface area (Å²) in [5.74, 6) is 0.731. The number of aryl methyl sites for hydroxylation is 2. The molecule has 0 bridgehead atoms. The highest BCUT2D eigenvalue weighted by Gasteiger charge is 2.20. The molecule has 0 saturated carbocycles. The van der Waals surface area contributed by atoms with Crippen molar-refractivity contribution in [2.45, 2.75) is 53.4 Å². The van der Waals surface area contributed by atoms with E-state index in [1.807, 2.05) is 0 Å². The van der Waals surface area contributed by atoms with Gasteiger partial charge in [0.2, 0.25) is 0 Å². The molecule has 0 spiro atoms. The van der Waals surface area contributed by atoms with Crippen LogP contribution in [0, 0.1) is 19.8 Å². The highest BCUT2D eigenvalue weighted by atomic mass is 14.8. The molecule has 1 aromatic carbocycles. The van der Waals surface area contributed by atoms with Crippen molar-refractivity contribution in [3.63, 3.8) is 0 Å². The Morgan fingerprint density at radius 1 is 1.06 bits per heavy atom. The van der Waals surface area contributed by atoms with E-state index >= 15 is 0 Å². The monoisotopic (exact) mass is 247 g/mol. The molecule has 1 heteroatoms. The second-order valence-corrected chi connectivity index (χ2v) is 6.61. The number of benzene rings is 1. The Hall–Kier alpha value is -0.820. The zero-order valence-electron chi connectivity index (χ0n) is 12.9. The molecule has 0 radical (unpaired) electrons. The fourth-order valence-corrected chi connectivity index (χ4v) is 2.30. The van der Waals surface area contributed by atoms with Gasteiger partial charge in [-0.15, -0.1) is 0 Å². The van der Waals surface area contributed by atoms with Crippen LogP contribution in [0.15, 0.2) is 18.2 Å². The van der Waals surface area contributed by atoms with Gasteiger partial charge in [-0.3, -0.25) is 0 Å². The van der Waals surface area contributed by atoms with Crippen LogP contribution in [0.25, 0.3) is 0 Å². The summed E-state index contributed by atoms with van der Waals surface area (Å²) in [6.45, 7) is 15.8. The van der Waals surface area contributed by atoms with Crippen LogP contribution in [0.1, 0.15) is 50.8 Å². The average molecular weight is 247 g/mol. The molecule has 102 valence electrons. The number of nitrogens with one attached hydrogen (secondary N) is 1. The summed E-state index contributed by atoms with van der Waals surface area (Å²) in [7, 11) is 0. The lowest BCUT2D eigenvalue weighted by Gasteiger charge is -2.26. The third kappa shape index (κ3) is 4.81. The largest absolute Gasteiger partial charge is 0.316 e. The number of hydrogen-bond acceptors (Lipinski definition) is 1. The fourth-order valence-electron chi connectivity index (χ4n) is 2.30. The minimum absolute atomic E-state index is 0.251. The van der Waals surface area contributed by atoms with Crippen molar-refractivity contribution in [3.05, 3.63) is 34.9 Å². The van der Waals surface area contributed by atoms with E-state index in [-0.39, 0.29) is 5.41 Å². The Bertz CT molecular complexity index is 357. The van der Waals surface area contributed by atoms with Crippen LogP contribution < -0.4 is 5.32 Å². The van der Waals surface area contributed by atoms with E-state index in [0.29, 0.717) is 0 Å². The Morgan fingerprint density at radius 3 is 2.11 bits per heavy atom. The lowest BCUT2D eigenvalue weighted by molar-refractivity contribution is 0.442. The van der Waals surface area contributed by atoms with Crippen molar-refractivity contribution in [2.75, 3.05) is 13.1 Å². The zero-order chi connectivity index (χ0) is 13.8. The lowest BCUT2D eigenvalue weighted by atomic mass is 9.80. The summed E-state index contributed by atoms with van der Waals surface area (Å²) in [6.07, 6.45) is 1.18. The Balaban J connectivity index is 2.61. The first-order valence-corrected chi connectivity index (χ1v) is 7.11. The normalized spacial score (nSPS) is 12.2. The van der Waals surface area contributed by atoms with Crippen LogP contribution in [-0.2, 0) is 5.41 Å². The van der Waals surface area contributed by atoms with Crippen LogP contribution in [0.5, 0.6) is 0 Å². The molecule has 1 rings (SSSR count). The van der Waals surface area contributed by atoms with Gasteiger partial charge in [0.15, 0.2) is 0 Å². The third-order valence-corrected chi connectivity index (χ3v) is 3.48. The van der Waals surface area contributed by atoms with E-state index in [0.717, 1.165) is 19.0 Å². The van der Waals surface area contributed by atoms with E-state index in [4.69, 9.17) is 0 Å². The SMILES string of the molecule is Cc1cc(C)cc(C(C)(C)CCNCC(C)C)c1.